The van der Waals surface area contributed by atoms with Gasteiger partial charge in [0.1, 0.15) is 0 Å². The molecule has 0 N–H and O–H groups in total. The van der Waals surface area contributed by atoms with Crippen LogP contribution < -0.4 is 0 Å². The summed E-state index contributed by atoms with van der Waals surface area (Å²) >= 11 is 0. The third-order valence-electron chi connectivity index (χ3n) is 6.08. The molecule has 0 spiro atoms. The number of alkyl halides is 3. The maximum absolute atomic E-state index is 13.1. The number of benzene rings is 2. The van der Waals surface area contributed by atoms with Crippen LogP contribution in [-0.4, -0.2) is 48.4 Å². The molecule has 2 saturated heterocycles. The van der Waals surface area contributed by atoms with E-state index in [9.17, 15) is 18.0 Å². The van der Waals surface area contributed by atoms with Crippen LogP contribution in [0.15, 0.2) is 54.6 Å². The molecule has 29 heavy (non-hydrogen) atoms. The van der Waals surface area contributed by atoms with Crippen LogP contribution in [0.2, 0.25) is 0 Å². The van der Waals surface area contributed by atoms with Crippen LogP contribution >= 0.6 is 0 Å². The normalized spacial score (nSPS) is 22.9. The molecule has 0 bridgehead atoms. The summed E-state index contributed by atoms with van der Waals surface area (Å²) < 4.78 is 39.2. The summed E-state index contributed by atoms with van der Waals surface area (Å²) in [6, 6.07) is 14.9. The molecule has 0 aliphatic carbocycles. The van der Waals surface area contributed by atoms with E-state index in [4.69, 9.17) is 0 Å². The fourth-order valence-corrected chi connectivity index (χ4v) is 4.61. The second kappa shape index (κ2) is 8.19. The summed E-state index contributed by atoms with van der Waals surface area (Å²) in [7, 11) is 0. The van der Waals surface area contributed by atoms with Gasteiger partial charge in [-0.2, -0.15) is 13.2 Å². The Hall–Kier alpha value is -2.34. The van der Waals surface area contributed by atoms with Gasteiger partial charge in [0.25, 0.3) is 5.91 Å². The lowest BCUT2D eigenvalue weighted by Crippen LogP contribution is -2.32. The van der Waals surface area contributed by atoms with Gasteiger partial charge in [-0.3, -0.25) is 4.79 Å². The topological polar surface area (TPSA) is 23.6 Å². The summed E-state index contributed by atoms with van der Waals surface area (Å²) in [4.78, 5) is 17.2. The van der Waals surface area contributed by atoms with Crippen molar-refractivity contribution in [2.24, 2.45) is 5.92 Å². The first-order valence-corrected chi connectivity index (χ1v) is 10.2. The van der Waals surface area contributed by atoms with Gasteiger partial charge < -0.3 is 9.80 Å². The van der Waals surface area contributed by atoms with Gasteiger partial charge in [0.05, 0.1) is 5.56 Å². The zero-order valence-electron chi connectivity index (χ0n) is 16.2. The highest BCUT2D eigenvalue weighted by Gasteiger charge is 2.38. The fourth-order valence-electron chi connectivity index (χ4n) is 4.61. The van der Waals surface area contributed by atoms with Crippen LogP contribution in [0, 0.1) is 5.92 Å². The molecule has 0 radical (unpaired) electrons. The molecule has 2 aliphatic heterocycles. The molecule has 3 nitrogen and oxygen atoms in total. The van der Waals surface area contributed by atoms with Crippen LogP contribution in [0.5, 0.6) is 0 Å². The van der Waals surface area contributed by atoms with E-state index in [-0.39, 0.29) is 23.3 Å². The lowest BCUT2D eigenvalue weighted by Gasteiger charge is -2.24. The summed E-state index contributed by atoms with van der Waals surface area (Å²) in [5, 5.41) is 0. The number of hydrogen-bond acceptors (Lipinski definition) is 2. The Labute approximate surface area is 169 Å². The summed E-state index contributed by atoms with van der Waals surface area (Å²) in [6.07, 6.45) is -2.04. The first-order chi connectivity index (χ1) is 13.9. The third kappa shape index (κ3) is 4.47. The van der Waals surface area contributed by atoms with E-state index in [1.54, 1.807) is 4.90 Å². The second-order valence-corrected chi connectivity index (χ2v) is 8.07. The molecule has 2 aromatic rings. The Bertz CT molecular complexity index is 847. The molecule has 2 heterocycles. The van der Waals surface area contributed by atoms with Crippen molar-refractivity contribution in [3.05, 3.63) is 71.3 Å². The zero-order valence-corrected chi connectivity index (χ0v) is 16.2. The number of carbonyl (C=O) groups is 1. The molecule has 6 heteroatoms. The van der Waals surface area contributed by atoms with Crippen molar-refractivity contribution in [2.75, 3.05) is 32.7 Å². The first-order valence-electron chi connectivity index (χ1n) is 10.2. The monoisotopic (exact) mass is 402 g/mol. The van der Waals surface area contributed by atoms with Gasteiger partial charge in [-0.15, -0.1) is 0 Å². The molecule has 2 aliphatic rings. The maximum Gasteiger partial charge on any atom is 0.416 e. The fraction of sp³-hybridized carbons (Fsp3) is 0.435. The number of nitrogens with zero attached hydrogens (tertiary/aromatic N) is 2. The summed E-state index contributed by atoms with van der Waals surface area (Å²) in [5.74, 6) is 0.165. The minimum Gasteiger partial charge on any atom is -0.338 e. The van der Waals surface area contributed by atoms with E-state index < -0.39 is 11.7 Å². The van der Waals surface area contributed by atoms with Crippen molar-refractivity contribution < 1.29 is 18.0 Å². The van der Waals surface area contributed by atoms with E-state index in [0.717, 1.165) is 31.8 Å². The summed E-state index contributed by atoms with van der Waals surface area (Å²) in [5.41, 5.74) is 0.514. The Morgan fingerprint density at radius 3 is 2.38 bits per heavy atom. The van der Waals surface area contributed by atoms with Crippen LogP contribution in [0.25, 0.3) is 0 Å². The van der Waals surface area contributed by atoms with E-state index in [2.05, 4.69) is 17.0 Å². The highest BCUT2D eigenvalue weighted by molar-refractivity contribution is 5.94. The minimum atomic E-state index is -4.45. The smallest absolute Gasteiger partial charge is 0.338 e. The minimum absolute atomic E-state index is 0.105. The van der Waals surface area contributed by atoms with Crippen molar-refractivity contribution >= 4 is 5.91 Å². The number of likely N-dealkylation sites (tertiary alicyclic amines) is 2. The number of amides is 1. The molecule has 0 unspecified atom stereocenters. The van der Waals surface area contributed by atoms with Crippen LogP contribution in [0.1, 0.15) is 40.2 Å². The zero-order chi connectivity index (χ0) is 20.4. The van der Waals surface area contributed by atoms with E-state index in [1.807, 2.05) is 18.2 Å². The standard InChI is InChI=1S/C23H25F3N2O/c24-23(25,26)20-10-6-9-18(13-20)22(29)28-15-19(14-27-11-4-5-12-27)21(16-28)17-7-2-1-3-8-17/h1-3,6-10,13,19,21H,4-5,11-12,14-16H2/t19-,21-/m0/s1. The number of carbonyl (C=O) groups excluding carboxylic acids is 1. The highest BCUT2D eigenvalue weighted by atomic mass is 19.4. The lowest BCUT2D eigenvalue weighted by atomic mass is 9.88. The average molecular weight is 402 g/mol. The number of hydrogen-bond donors (Lipinski definition) is 0. The molecule has 0 saturated carbocycles. The Kier molecular flexibility index (Phi) is 5.63. The number of rotatable bonds is 4. The molecule has 2 atom stereocenters. The molecule has 2 aromatic carbocycles. The van der Waals surface area contributed by atoms with Crippen molar-refractivity contribution in [3.63, 3.8) is 0 Å². The van der Waals surface area contributed by atoms with Gasteiger partial charge in [-0.05, 0) is 55.6 Å². The van der Waals surface area contributed by atoms with Crippen LogP contribution in [0.4, 0.5) is 13.2 Å². The first kappa shape index (κ1) is 20.0. The van der Waals surface area contributed by atoms with Crippen molar-refractivity contribution in [1.82, 2.24) is 9.80 Å². The molecule has 1 amide bonds. The van der Waals surface area contributed by atoms with Crippen molar-refractivity contribution in [2.45, 2.75) is 24.9 Å². The molecular formula is C23H25F3N2O. The van der Waals surface area contributed by atoms with E-state index in [0.29, 0.717) is 13.1 Å². The van der Waals surface area contributed by atoms with Gasteiger partial charge in [-0.1, -0.05) is 36.4 Å². The average Bonchev–Trinajstić information content (AvgIpc) is 3.38. The maximum atomic E-state index is 13.1. The van der Waals surface area contributed by atoms with Gasteiger partial charge >= 0.3 is 6.18 Å². The predicted octanol–water partition coefficient (Wildman–Crippen LogP) is 4.66. The van der Waals surface area contributed by atoms with Crippen LogP contribution in [0.3, 0.4) is 0 Å². The van der Waals surface area contributed by atoms with E-state index >= 15 is 0 Å². The predicted molar refractivity (Wildman–Crippen MR) is 106 cm³/mol. The Morgan fingerprint density at radius 1 is 0.966 bits per heavy atom. The molecule has 154 valence electrons. The quantitative estimate of drug-likeness (QED) is 0.743. The second-order valence-electron chi connectivity index (χ2n) is 8.07. The lowest BCUT2D eigenvalue weighted by molar-refractivity contribution is -0.137. The van der Waals surface area contributed by atoms with E-state index in [1.165, 1.54) is 30.5 Å². The molecule has 2 fully saturated rings. The van der Waals surface area contributed by atoms with Gasteiger partial charge in [0.2, 0.25) is 0 Å². The van der Waals surface area contributed by atoms with Gasteiger partial charge in [0, 0.05) is 31.1 Å². The Balaban J connectivity index is 1.55. The summed E-state index contributed by atoms with van der Waals surface area (Å²) in [6.45, 7) is 4.20. The highest BCUT2D eigenvalue weighted by Crippen LogP contribution is 2.35. The van der Waals surface area contributed by atoms with Gasteiger partial charge in [-0.25, -0.2) is 0 Å². The Morgan fingerprint density at radius 2 is 1.69 bits per heavy atom. The third-order valence-corrected chi connectivity index (χ3v) is 6.08. The van der Waals surface area contributed by atoms with Gasteiger partial charge in [0.15, 0.2) is 0 Å². The molecule has 0 aromatic heterocycles. The van der Waals surface area contributed by atoms with Crippen LogP contribution in [-0.2, 0) is 6.18 Å². The van der Waals surface area contributed by atoms with Crippen molar-refractivity contribution in [3.8, 4) is 0 Å². The number of halogens is 3. The van der Waals surface area contributed by atoms with Crippen molar-refractivity contribution in [1.29, 1.82) is 0 Å². The SMILES string of the molecule is O=C(c1cccc(C(F)(F)F)c1)N1C[C@H](CN2CCCC2)[C@H](c2ccccc2)C1. The molecular weight excluding hydrogens is 377 g/mol. The molecule has 4 rings (SSSR count). The largest absolute Gasteiger partial charge is 0.416 e.